The molecule has 1 heterocycles. The Hall–Kier alpha value is -2.57. The number of imidazole rings is 1. The third-order valence-electron chi connectivity index (χ3n) is 3.29. The van der Waals surface area contributed by atoms with Gasteiger partial charge in [-0.2, -0.15) is 0 Å². The number of carbonyl (C=O) groups excluding carboxylic acids is 1. The molecule has 0 radical (unpaired) electrons. The number of hydrogen-bond donors (Lipinski definition) is 3. The molecule has 0 aliphatic heterocycles. The number of nitrogen functional groups attached to an aromatic ring is 1. The zero-order valence-corrected chi connectivity index (χ0v) is 13.6. The average Bonchev–Trinajstić information content (AvgIpc) is 2.96. The summed E-state index contributed by atoms with van der Waals surface area (Å²) in [7, 11) is 0. The van der Waals surface area contributed by atoms with Crippen molar-refractivity contribution >= 4 is 40.7 Å². The van der Waals surface area contributed by atoms with E-state index >= 15 is 0 Å². The number of anilines is 2. The maximum absolute atomic E-state index is 14.2. The van der Waals surface area contributed by atoms with Crippen LogP contribution in [-0.2, 0) is 0 Å². The van der Waals surface area contributed by atoms with Crippen LogP contribution in [-0.4, -0.2) is 15.9 Å². The van der Waals surface area contributed by atoms with Crippen molar-refractivity contribution in [1.29, 1.82) is 0 Å². The van der Waals surface area contributed by atoms with E-state index < -0.39 is 11.7 Å². The Bertz CT molecular complexity index is 926. The Morgan fingerprint density at radius 1 is 1.17 bits per heavy atom. The van der Waals surface area contributed by atoms with E-state index in [0.29, 0.717) is 27.5 Å². The normalized spacial score (nSPS) is 10.6. The molecule has 3 aromatic rings. The first-order valence-electron chi connectivity index (χ1n) is 6.81. The second-order valence-electron chi connectivity index (χ2n) is 4.96. The van der Waals surface area contributed by atoms with Gasteiger partial charge in [0.25, 0.3) is 5.91 Å². The molecule has 24 heavy (non-hydrogen) atoms. The van der Waals surface area contributed by atoms with Crippen LogP contribution >= 0.6 is 23.2 Å². The third kappa shape index (κ3) is 3.34. The van der Waals surface area contributed by atoms with E-state index in [0.717, 1.165) is 0 Å². The fourth-order valence-electron chi connectivity index (χ4n) is 2.13. The van der Waals surface area contributed by atoms with E-state index in [4.69, 9.17) is 28.9 Å². The third-order valence-corrected chi connectivity index (χ3v) is 4.03. The van der Waals surface area contributed by atoms with Gasteiger partial charge in [0.1, 0.15) is 5.82 Å². The average molecular weight is 365 g/mol. The summed E-state index contributed by atoms with van der Waals surface area (Å²) in [4.78, 5) is 18.7. The molecule has 1 aromatic heterocycles. The zero-order valence-electron chi connectivity index (χ0n) is 12.1. The first kappa shape index (κ1) is 16.3. The van der Waals surface area contributed by atoms with Gasteiger partial charge in [-0.1, -0.05) is 23.2 Å². The summed E-state index contributed by atoms with van der Waals surface area (Å²) < 4.78 is 14.2. The molecular formula is C16H11Cl2FN4O. The summed E-state index contributed by atoms with van der Waals surface area (Å²) in [5.41, 5.74) is 6.85. The molecule has 122 valence electrons. The number of aromatic amines is 1. The second kappa shape index (κ2) is 6.51. The summed E-state index contributed by atoms with van der Waals surface area (Å²) in [6.07, 6.45) is 1.43. The lowest BCUT2D eigenvalue weighted by molar-refractivity contribution is 0.102. The molecule has 0 atom stereocenters. The van der Waals surface area contributed by atoms with Crippen LogP contribution in [0.5, 0.6) is 0 Å². The van der Waals surface area contributed by atoms with Crippen molar-refractivity contribution in [3.63, 3.8) is 0 Å². The minimum Gasteiger partial charge on any atom is -0.369 e. The van der Waals surface area contributed by atoms with E-state index in [1.807, 2.05) is 0 Å². The first-order chi connectivity index (χ1) is 11.4. The Morgan fingerprint density at radius 3 is 2.58 bits per heavy atom. The number of nitrogens with two attached hydrogens (primary N) is 1. The van der Waals surface area contributed by atoms with Crippen LogP contribution in [0.25, 0.3) is 11.3 Å². The number of amides is 1. The topological polar surface area (TPSA) is 83.8 Å². The summed E-state index contributed by atoms with van der Waals surface area (Å²) >= 11 is 11.7. The largest absolute Gasteiger partial charge is 0.369 e. The van der Waals surface area contributed by atoms with Crippen molar-refractivity contribution in [3.05, 3.63) is 64.0 Å². The van der Waals surface area contributed by atoms with Gasteiger partial charge in [-0.05, 0) is 36.4 Å². The van der Waals surface area contributed by atoms with E-state index in [1.54, 1.807) is 6.07 Å². The van der Waals surface area contributed by atoms with Crippen LogP contribution in [0.15, 0.2) is 42.6 Å². The molecule has 4 N–H and O–H groups in total. The van der Waals surface area contributed by atoms with E-state index in [2.05, 4.69) is 15.3 Å². The number of carbonyl (C=O) groups is 1. The molecule has 3 rings (SSSR count). The van der Waals surface area contributed by atoms with E-state index in [1.165, 1.54) is 36.5 Å². The SMILES string of the molecule is Nc1ncc(-c2ccc(NC(=O)c3ccc(Cl)c(Cl)c3)cc2F)[nH]1. The van der Waals surface area contributed by atoms with Crippen molar-refractivity contribution in [3.8, 4) is 11.3 Å². The quantitative estimate of drug-likeness (QED) is 0.645. The number of aromatic nitrogens is 2. The van der Waals surface area contributed by atoms with Gasteiger partial charge in [0, 0.05) is 16.8 Å². The number of rotatable bonds is 3. The van der Waals surface area contributed by atoms with Crippen molar-refractivity contribution in [2.75, 3.05) is 11.1 Å². The molecule has 0 bridgehead atoms. The standard InChI is InChI=1S/C16H11Cl2FN4O/c17-11-4-1-8(5-12(11)18)15(24)22-9-2-3-10(13(19)6-9)14-7-21-16(20)23-14/h1-7H,(H,22,24)(H3,20,21,23). The number of H-pyrrole nitrogens is 1. The second-order valence-corrected chi connectivity index (χ2v) is 5.77. The maximum atomic E-state index is 14.2. The molecule has 0 spiro atoms. The van der Waals surface area contributed by atoms with Crippen molar-refractivity contribution < 1.29 is 9.18 Å². The van der Waals surface area contributed by atoms with E-state index in [-0.39, 0.29) is 11.0 Å². The van der Waals surface area contributed by atoms with Crippen LogP contribution < -0.4 is 11.1 Å². The lowest BCUT2D eigenvalue weighted by Gasteiger charge is -2.08. The molecular weight excluding hydrogens is 354 g/mol. The van der Waals surface area contributed by atoms with Gasteiger partial charge in [-0.3, -0.25) is 4.79 Å². The summed E-state index contributed by atoms with van der Waals surface area (Å²) in [5, 5.41) is 3.21. The molecule has 2 aromatic carbocycles. The van der Waals surface area contributed by atoms with Crippen molar-refractivity contribution in [1.82, 2.24) is 9.97 Å². The van der Waals surface area contributed by atoms with E-state index in [9.17, 15) is 9.18 Å². The summed E-state index contributed by atoms with van der Waals surface area (Å²) in [5.74, 6) is -0.751. The fraction of sp³-hybridized carbons (Fsp3) is 0. The minimum absolute atomic E-state index is 0.196. The highest BCUT2D eigenvalue weighted by Gasteiger charge is 2.12. The smallest absolute Gasteiger partial charge is 0.255 e. The lowest BCUT2D eigenvalue weighted by atomic mass is 10.1. The summed E-state index contributed by atoms with van der Waals surface area (Å²) in [6.45, 7) is 0. The van der Waals surface area contributed by atoms with Crippen LogP contribution in [0.1, 0.15) is 10.4 Å². The lowest BCUT2D eigenvalue weighted by Crippen LogP contribution is -2.12. The minimum atomic E-state index is -0.523. The number of hydrogen-bond acceptors (Lipinski definition) is 3. The van der Waals surface area contributed by atoms with Gasteiger partial charge in [0.2, 0.25) is 0 Å². The maximum Gasteiger partial charge on any atom is 0.255 e. The number of halogens is 3. The predicted octanol–water partition coefficient (Wildman–Crippen LogP) is 4.36. The molecule has 1 amide bonds. The van der Waals surface area contributed by atoms with Gasteiger partial charge >= 0.3 is 0 Å². The fourth-order valence-corrected chi connectivity index (χ4v) is 2.42. The monoisotopic (exact) mass is 364 g/mol. The molecule has 0 saturated carbocycles. The molecule has 0 saturated heterocycles. The number of nitrogens with zero attached hydrogens (tertiary/aromatic N) is 1. The highest BCUT2D eigenvalue weighted by atomic mass is 35.5. The molecule has 0 aliphatic carbocycles. The molecule has 5 nitrogen and oxygen atoms in total. The number of nitrogens with one attached hydrogen (secondary N) is 2. The number of benzene rings is 2. The highest BCUT2D eigenvalue weighted by molar-refractivity contribution is 6.42. The summed E-state index contributed by atoms with van der Waals surface area (Å²) in [6, 6.07) is 8.80. The van der Waals surface area contributed by atoms with Crippen molar-refractivity contribution in [2.45, 2.75) is 0 Å². The zero-order chi connectivity index (χ0) is 17.3. The van der Waals surface area contributed by atoms with Crippen LogP contribution in [0.4, 0.5) is 16.0 Å². The van der Waals surface area contributed by atoms with Gasteiger partial charge in [0.15, 0.2) is 5.95 Å². The molecule has 8 heteroatoms. The van der Waals surface area contributed by atoms with Gasteiger partial charge in [0.05, 0.1) is 21.9 Å². The predicted molar refractivity (Wildman–Crippen MR) is 92.8 cm³/mol. The molecule has 0 fully saturated rings. The highest BCUT2D eigenvalue weighted by Crippen LogP contribution is 2.26. The Labute approximate surface area is 146 Å². The van der Waals surface area contributed by atoms with Crippen LogP contribution in [0.3, 0.4) is 0 Å². The van der Waals surface area contributed by atoms with Crippen LogP contribution in [0.2, 0.25) is 10.0 Å². The Kier molecular flexibility index (Phi) is 4.42. The molecule has 0 unspecified atom stereocenters. The van der Waals surface area contributed by atoms with Crippen LogP contribution in [0, 0.1) is 5.82 Å². The van der Waals surface area contributed by atoms with Crippen molar-refractivity contribution in [2.24, 2.45) is 0 Å². The van der Waals surface area contributed by atoms with Gasteiger partial charge in [-0.25, -0.2) is 9.37 Å². The Morgan fingerprint density at radius 2 is 1.96 bits per heavy atom. The molecule has 0 aliphatic rings. The van der Waals surface area contributed by atoms with Gasteiger partial charge < -0.3 is 16.0 Å². The van der Waals surface area contributed by atoms with Gasteiger partial charge in [-0.15, -0.1) is 0 Å². The first-order valence-corrected chi connectivity index (χ1v) is 7.56. The Balaban J connectivity index is 1.81.